The molecule has 0 bridgehead atoms. The van der Waals surface area contributed by atoms with E-state index in [-0.39, 0.29) is 23.6 Å². The fourth-order valence-corrected chi connectivity index (χ4v) is 4.43. The zero-order valence-electron chi connectivity index (χ0n) is 18.0. The van der Waals surface area contributed by atoms with Gasteiger partial charge < -0.3 is 10.1 Å². The summed E-state index contributed by atoms with van der Waals surface area (Å²) in [7, 11) is 0. The summed E-state index contributed by atoms with van der Waals surface area (Å²) in [6, 6.07) is 19.1. The van der Waals surface area contributed by atoms with Gasteiger partial charge in [0.25, 0.3) is 11.8 Å². The molecule has 0 aliphatic carbocycles. The van der Waals surface area contributed by atoms with E-state index in [1.807, 2.05) is 25.1 Å². The number of benzene rings is 3. The van der Waals surface area contributed by atoms with Crippen molar-refractivity contribution < 1.29 is 14.3 Å². The summed E-state index contributed by atoms with van der Waals surface area (Å²) < 4.78 is 5.72. The lowest BCUT2D eigenvalue weighted by Crippen LogP contribution is -2.28. The van der Waals surface area contributed by atoms with Crippen molar-refractivity contribution in [2.45, 2.75) is 6.92 Å². The van der Waals surface area contributed by atoms with Gasteiger partial charge in [-0.05, 0) is 84.9 Å². The van der Waals surface area contributed by atoms with Gasteiger partial charge in [0, 0.05) is 21.3 Å². The molecule has 1 aliphatic rings. The van der Waals surface area contributed by atoms with Gasteiger partial charge in [0.05, 0.1) is 10.6 Å². The van der Waals surface area contributed by atoms with Gasteiger partial charge in [0.15, 0.2) is 11.8 Å². The summed E-state index contributed by atoms with van der Waals surface area (Å²) in [4.78, 5) is 27.1. The van der Waals surface area contributed by atoms with Crippen molar-refractivity contribution in [3.63, 3.8) is 0 Å². The highest BCUT2D eigenvalue weighted by molar-refractivity contribution is 8.19. The van der Waals surface area contributed by atoms with Gasteiger partial charge in [-0.25, -0.2) is 0 Å². The number of amidine groups is 1. The number of amides is 2. The summed E-state index contributed by atoms with van der Waals surface area (Å²) in [5.41, 5.74) is 2.75. The molecule has 2 amide bonds. The van der Waals surface area contributed by atoms with E-state index in [9.17, 15) is 9.59 Å². The van der Waals surface area contributed by atoms with Crippen LogP contribution in [0.5, 0.6) is 5.75 Å². The van der Waals surface area contributed by atoms with Crippen molar-refractivity contribution in [1.82, 2.24) is 0 Å². The average Bonchev–Trinajstić information content (AvgIpc) is 3.07. The number of ether oxygens (including phenoxy) is 1. The summed E-state index contributed by atoms with van der Waals surface area (Å²) >= 11 is 13.1. The van der Waals surface area contributed by atoms with Gasteiger partial charge in [0.2, 0.25) is 0 Å². The molecule has 0 spiro atoms. The van der Waals surface area contributed by atoms with Gasteiger partial charge in [-0.1, -0.05) is 35.3 Å². The summed E-state index contributed by atoms with van der Waals surface area (Å²) in [5, 5.41) is 12.2. The standard InChI is InChI=1S/C25H19Cl2N3O3S/c1-15-3-2-4-20(11-15)30-24(32)22(34-25(30)28)13-16-12-18(27)7-10-21(16)33-14-23(31)29-19-8-5-17(26)6-9-19/h2-13,28H,14H2,1H3,(H,29,31)/b22-13-,28-25?. The van der Waals surface area contributed by atoms with Crippen LogP contribution in [0.3, 0.4) is 0 Å². The topological polar surface area (TPSA) is 82.5 Å². The van der Waals surface area contributed by atoms with E-state index >= 15 is 0 Å². The maximum atomic E-state index is 13.1. The highest BCUT2D eigenvalue weighted by Gasteiger charge is 2.33. The maximum Gasteiger partial charge on any atom is 0.271 e. The zero-order valence-corrected chi connectivity index (χ0v) is 20.3. The first kappa shape index (κ1) is 23.9. The van der Waals surface area contributed by atoms with Gasteiger partial charge in [-0.3, -0.25) is 19.9 Å². The Morgan fingerprint density at radius 2 is 1.82 bits per heavy atom. The third-order valence-corrected chi connectivity index (χ3v) is 6.20. The second-order valence-electron chi connectivity index (χ2n) is 7.42. The van der Waals surface area contributed by atoms with Crippen molar-refractivity contribution in [2.75, 3.05) is 16.8 Å². The van der Waals surface area contributed by atoms with Crippen molar-refractivity contribution >= 4 is 69.4 Å². The molecule has 2 N–H and O–H groups in total. The largest absolute Gasteiger partial charge is 0.483 e. The molecule has 0 unspecified atom stereocenters. The van der Waals surface area contributed by atoms with E-state index in [1.165, 1.54) is 4.90 Å². The first-order valence-electron chi connectivity index (χ1n) is 10.2. The van der Waals surface area contributed by atoms with Crippen LogP contribution in [-0.2, 0) is 9.59 Å². The molecule has 34 heavy (non-hydrogen) atoms. The Morgan fingerprint density at radius 1 is 1.09 bits per heavy atom. The molecule has 172 valence electrons. The number of carbonyl (C=O) groups excluding carboxylic acids is 2. The molecule has 1 fully saturated rings. The Bertz CT molecular complexity index is 1310. The van der Waals surface area contributed by atoms with Crippen LogP contribution in [0.25, 0.3) is 6.08 Å². The molecule has 1 saturated heterocycles. The molecule has 0 saturated carbocycles. The lowest BCUT2D eigenvalue weighted by molar-refractivity contribution is -0.118. The number of rotatable bonds is 6. The Balaban J connectivity index is 1.51. The molecule has 1 heterocycles. The van der Waals surface area contributed by atoms with Gasteiger partial charge in [-0.2, -0.15) is 0 Å². The molecule has 3 aromatic rings. The van der Waals surface area contributed by atoms with E-state index in [0.717, 1.165) is 17.3 Å². The van der Waals surface area contributed by atoms with Crippen LogP contribution >= 0.6 is 35.0 Å². The molecular formula is C25H19Cl2N3O3S. The molecule has 6 nitrogen and oxygen atoms in total. The number of nitrogens with zero attached hydrogens (tertiary/aromatic N) is 1. The van der Waals surface area contributed by atoms with Crippen molar-refractivity contribution in [3.8, 4) is 5.75 Å². The van der Waals surface area contributed by atoms with Crippen LogP contribution in [0.1, 0.15) is 11.1 Å². The minimum Gasteiger partial charge on any atom is -0.483 e. The van der Waals surface area contributed by atoms with E-state index in [0.29, 0.717) is 37.6 Å². The molecule has 1 aliphatic heterocycles. The predicted octanol–water partition coefficient (Wildman–Crippen LogP) is 6.37. The summed E-state index contributed by atoms with van der Waals surface area (Å²) in [6.07, 6.45) is 1.62. The molecular weight excluding hydrogens is 493 g/mol. The lowest BCUT2D eigenvalue weighted by atomic mass is 10.1. The molecule has 0 aromatic heterocycles. The number of thioether (sulfide) groups is 1. The zero-order chi connectivity index (χ0) is 24.2. The van der Waals surface area contributed by atoms with Crippen molar-refractivity contribution in [2.24, 2.45) is 0 Å². The van der Waals surface area contributed by atoms with Crippen LogP contribution in [0.15, 0.2) is 71.6 Å². The Hall–Kier alpha value is -3.26. The number of halogens is 2. The van der Waals surface area contributed by atoms with Crippen molar-refractivity contribution in [3.05, 3.63) is 92.8 Å². The fraction of sp³-hybridized carbons (Fsp3) is 0.0800. The van der Waals surface area contributed by atoms with Crippen LogP contribution < -0.4 is 15.0 Å². The third kappa shape index (κ3) is 5.62. The van der Waals surface area contributed by atoms with E-state index < -0.39 is 0 Å². The number of carbonyl (C=O) groups is 2. The Kier molecular flexibility index (Phi) is 7.26. The minimum atomic E-state index is -0.352. The van der Waals surface area contributed by atoms with E-state index in [4.69, 9.17) is 33.3 Å². The fourth-order valence-electron chi connectivity index (χ4n) is 3.27. The lowest BCUT2D eigenvalue weighted by Gasteiger charge is -2.14. The number of hydrogen-bond acceptors (Lipinski definition) is 5. The molecule has 0 radical (unpaired) electrons. The van der Waals surface area contributed by atoms with Crippen LogP contribution in [0, 0.1) is 12.3 Å². The van der Waals surface area contributed by atoms with Crippen LogP contribution in [0.2, 0.25) is 10.0 Å². The average molecular weight is 512 g/mol. The SMILES string of the molecule is Cc1cccc(N2C(=N)S/C(=C\c3cc(Cl)ccc3OCC(=O)Nc3ccc(Cl)cc3)C2=O)c1. The number of nitrogens with one attached hydrogen (secondary N) is 2. The van der Waals surface area contributed by atoms with E-state index in [2.05, 4.69) is 5.32 Å². The maximum absolute atomic E-state index is 13.1. The highest BCUT2D eigenvalue weighted by Crippen LogP contribution is 2.37. The highest BCUT2D eigenvalue weighted by atomic mass is 35.5. The van der Waals surface area contributed by atoms with Gasteiger partial charge >= 0.3 is 0 Å². The van der Waals surface area contributed by atoms with Crippen molar-refractivity contribution in [1.29, 1.82) is 5.41 Å². The Morgan fingerprint density at radius 3 is 2.56 bits per heavy atom. The monoisotopic (exact) mass is 511 g/mol. The number of anilines is 2. The second-order valence-corrected chi connectivity index (χ2v) is 9.32. The smallest absolute Gasteiger partial charge is 0.271 e. The van der Waals surface area contributed by atoms with Crippen LogP contribution in [0.4, 0.5) is 11.4 Å². The molecule has 4 rings (SSSR count). The number of aryl methyl sites for hydroxylation is 1. The minimum absolute atomic E-state index is 0.105. The molecule has 9 heteroatoms. The molecule has 3 aromatic carbocycles. The van der Waals surface area contributed by atoms with Crippen LogP contribution in [-0.4, -0.2) is 23.6 Å². The molecule has 0 atom stereocenters. The van der Waals surface area contributed by atoms with Gasteiger partial charge in [0.1, 0.15) is 5.75 Å². The normalized spacial score (nSPS) is 14.6. The first-order valence-corrected chi connectivity index (χ1v) is 11.7. The predicted molar refractivity (Wildman–Crippen MR) is 139 cm³/mol. The number of hydrogen-bond donors (Lipinski definition) is 2. The van der Waals surface area contributed by atoms with Gasteiger partial charge in [-0.15, -0.1) is 0 Å². The van der Waals surface area contributed by atoms with E-state index in [1.54, 1.807) is 54.6 Å². The Labute approximate surface area is 211 Å². The summed E-state index contributed by atoms with van der Waals surface area (Å²) in [6.45, 7) is 1.68. The second kappa shape index (κ2) is 10.3. The first-order chi connectivity index (χ1) is 16.3. The third-order valence-electron chi connectivity index (χ3n) is 4.83. The quantitative estimate of drug-likeness (QED) is 0.376. The summed E-state index contributed by atoms with van der Waals surface area (Å²) in [5.74, 6) is -0.279.